The summed E-state index contributed by atoms with van der Waals surface area (Å²) in [5.41, 5.74) is 1.80. The van der Waals surface area contributed by atoms with Crippen LogP contribution in [0.5, 0.6) is 5.75 Å². The molecule has 0 saturated carbocycles. The second-order valence-corrected chi connectivity index (χ2v) is 6.77. The number of anilines is 1. The van der Waals surface area contributed by atoms with Gasteiger partial charge >= 0.3 is 0 Å². The standard InChI is InChI=1S/C26H22N2O4/c1-19(29)28-21-12-9-13-22(18-21)32-17-8-7-16-27-26(31)24-15-6-5-14-23(24)25(30)20-10-3-2-4-11-20/h2-6,9-15,18H,16-17H2,1H3,(H,27,31)(H,28,29). The molecule has 0 fully saturated rings. The highest BCUT2D eigenvalue weighted by molar-refractivity contribution is 6.15. The van der Waals surface area contributed by atoms with Crippen LogP contribution >= 0.6 is 0 Å². The number of carbonyl (C=O) groups excluding carboxylic acids is 3. The topological polar surface area (TPSA) is 84.5 Å². The van der Waals surface area contributed by atoms with Crippen molar-refractivity contribution in [3.05, 3.63) is 95.6 Å². The van der Waals surface area contributed by atoms with E-state index in [2.05, 4.69) is 22.5 Å². The fourth-order valence-corrected chi connectivity index (χ4v) is 2.94. The summed E-state index contributed by atoms with van der Waals surface area (Å²) in [6.45, 7) is 1.67. The van der Waals surface area contributed by atoms with Crippen LogP contribution in [0.25, 0.3) is 0 Å². The third-order valence-corrected chi connectivity index (χ3v) is 4.38. The predicted molar refractivity (Wildman–Crippen MR) is 123 cm³/mol. The van der Waals surface area contributed by atoms with Crippen molar-refractivity contribution in [3.63, 3.8) is 0 Å². The molecule has 0 atom stereocenters. The Hall–Kier alpha value is -4.37. The summed E-state index contributed by atoms with van der Waals surface area (Å²) in [6.07, 6.45) is 0. The van der Waals surface area contributed by atoms with Crippen molar-refractivity contribution in [2.75, 3.05) is 18.5 Å². The molecule has 0 heterocycles. The maximum Gasteiger partial charge on any atom is 0.252 e. The van der Waals surface area contributed by atoms with Crippen molar-refractivity contribution >= 4 is 23.3 Å². The summed E-state index contributed by atoms with van der Waals surface area (Å²) in [5.74, 6) is 5.47. The summed E-state index contributed by atoms with van der Waals surface area (Å²) < 4.78 is 5.54. The van der Waals surface area contributed by atoms with Gasteiger partial charge in [0.25, 0.3) is 5.91 Å². The maximum absolute atomic E-state index is 12.8. The first-order valence-electron chi connectivity index (χ1n) is 9.98. The van der Waals surface area contributed by atoms with E-state index in [9.17, 15) is 14.4 Å². The number of nitrogens with one attached hydrogen (secondary N) is 2. The molecule has 3 aromatic rings. The molecular weight excluding hydrogens is 404 g/mol. The summed E-state index contributed by atoms with van der Waals surface area (Å²) in [5, 5.41) is 5.39. The molecule has 0 bridgehead atoms. The molecule has 32 heavy (non-hydrogen) atoms. The van der Waals surface area contributed by atoms with Crippen LogP contribution in [0.2, 0.25) is 0 Å². The Balaban J connectivity index is 1.54. The van der Waals surface area contributed by atoms with Crippen LogP contribution in [0.1, 0.15) is 33.2 Å². The van der Waals surface area contributed by atoms with E-state index in [4.69, 9.17) is 4.74 Å². The Kier molecular flexibility index (Phi) is 7.77. The van der Waals surface area contributed by atoms with E-state index in [1.54, 1.807) is 72.8 Å². The Labute approximate surface area is 186 Å². The van der Waals surface area contributed by atoms with Gasteiger partial charge in [0.2, 0.25) is 5.91 Å². The molecule has 0 aromatic heterocycles. The molecule has 0 saturated heterocycles. The van der Waals surface area contributed by atoms with Gasteiger partial charge in [-0.1, -0.05) is 66.4 Å². The Morgan fingerprint density at radius 1 is 0.844 bits per heavy atom. The van der Waals surface area contributed by atoms with Crippen molar-refractivity contribution < 1.29 is 19.1 Å². The smallest absolute Gasteiger partial charge is 0.252 e. The Morgan fingerprint density at radius 2 is 1.56 bits per heavy atom. The van der Waals surface area contributed by atoms with Crippen LogP contribution < -0.4 is 15.4 Å². The van der Waals surface area contributed by atoms with Crippen LogP contribution in [-0.2, 0) is 4.79 Å². The summed E-state index contributed by atoms with van der Waals surface area (Å²) in [4.78, 5) is 36.5. The van der Waals surface area contributed by atoms with Crippen LogP contribution in [0.3, 0.4) is 0 Å². The third kappa shape index (κ3) is 6.31. The lowest BCUT2D eigenvalue weighted by Crippen LogP contribution is -2.25. The fourth-order valence-electron chi connectivity index (χ4n) is 2.94. The minimum absolute atomic E-state index is 0.113. The van der Waals surface area contributed by atoms with Gasteiger partial charge in [-0.05, 0) is 18.2 Å². The van der Waals surface area contributed by atoms with Gasteiger partial charge in [-0.25, -0.2) is 0 Å². The molecule has 0 unspecified atom stereocenters. The van der Waals surface area contributed by atoms with E-state index < -0.39 is 0 Å². The lowest BCUT2D eigenvalue weighted by molar-refractivity contribution is -0.114. The average molecular weight is 426 g/mol. The van der Waals surface area contributed by atoms with Crippen molar-refractivity contribution in [1.29, 1.82) is 0 Å². The van der Waals surface area contributed by atoms with Gasteiger partial charge in [-0.2, -0.15) is 0 Å². The molecule has 0 aliphatic heterocycles. The SMILES string of the molecule is CC(=O)Nc1cccc(OCC#CCNC(=O)c2ccccc2C(=O)c2ccccc2)c1. The number of ketones is 1. The van der Waals surface area contributed by atoms with E-state index in [0.29, 0.717) is 28.1 Å². The minimum Gasteiger partial charge on any atom is -0.481 e. The number of hydrogen-bond acceptors (Lipinski definition) is 4. The first-order chi connectivity index (χ1) is 15.5. The highest BCUT2D eigenvalue weighted by atomic mass is 16.5. The van der Waals surface area contributed by atoms with Gasteiger partial charge in [0.15, 0.2) is 5.78 Å². The first-order valence-corrected chi connectivity index (χ1v) is 9.98. The summed E-state index contributed by atoms with van der Waals surface area (Å²) >= 11 is 0. The van der Waals surface area contributed by atoms with Crippen molar-refractivity contribution in [1.82, 2.24) is 5.32 Å². The number of carbonyl (C=O) groups is 3. The molecule has 6 heteroatoms. The molecule has 2 amide bonds. The number of ether oxygens (including phenoxy) is 1. The molecule has 3 rings (SSSR count). The zero-order valence-corrected chi connectivity index (χ0v) is 17.6. The molecule has 0 aliphatic rings. The van der Waals surface area contributed by atoms with Crippen molar-refractivity contribution in [3.8, 4) is 17.6 Å². The van der Waals surface area contributed by atoms with E-state index in [1.165, 1.54) is 6.92 Å². The first kappa shape index (κ1) is 22.3. The Morgan fingerprint density at radius 3 is 2.31 bits per heavy atom. The van der Waals surface area contributed by atoms with Gasteiger partial charge in [-0.3, -0.25) is 14.4 Å². The number of hydrogen-bond donors (Lipinski definition) is 2. The van der Waals surface area contributed by atoms with E-state index in [0.717, 1.165) is 0 Å². The third-order valence-electron chi connectivity index (χ3n) is 4.38. The number of benzene rings is 3. The average Bonchev–Trinajstić information content (AvgIpc) is 2.81. The summed E-state index contributed by atoms with van der Waals surface area (Å²) in [6, 6.07) is 22.5. The molecule has 3 aromatic carbocycles. The van der Waals surface area contributed by atoms with Crippen molar-refractivity contribution in [2.24, 2.45) is 0 Å². The number of amides is 2. The molecule has 0 spiro atoms. The normalized spacial score (nSPS) is 9.78. The molecule has 6 nitrogen and oxygen atoms in total. The van der Waals surface area contributed by atoms with Crippen LogP contribution in [0.15, 0.2) is 78.9 Å². The highest BCUT2D eigenvalue weighted by Gasteiger charge is 2.17. The van der Waals surface area contributed by atoms with Gasteiger partial charge in [0.1, 0.15) is 12.4 Å². The van der Waals surface area contributed by atoms with E-state index >= 15 is 0 Å². The largest absolute Gasteiger partial charge is 0.481 e. The van der Waals surface area contributed by atoms with E-state index in [-0.39, 0.29) is 30.7 Å². The molecule has 160 valence electrons. The molecular formula is C26H22N2O4. The van der Waals surface area contributed by atoms with Gasteiger partial charge in [-0.15, -0.1) is 0 Å². The van der Waals surface area contributed by atoms with Gasteiger partial charge in [0, 0.05) is 29.8 Å². The minimum atomic E-state index is -0.372. The van der Waals surface area contributed by atoms with Gasteiger partial charge in [0.05, 0.1) is 12.1 Å². The summed E-state index contributed by atoms with van der Waals surface area (Å²) in [7, 11) is 0. The lowest BCUT2D eigenvalue weighted by Gasteiger charge is -2.08. The van der Waals surface area contributed by atoms with E-state index in [1.807, 2.05) is 6.07 Å². The monoisotopic (exact) mass is 426 g/mol. The maximum atomic E-state index is 12.8. The highest BCUT2D eigenvalue weighted by Crippen LogP contribution is 2.17. The molecule has 2 N–H and O–H groups in total. The van der Waals surface area contributed by atoms with Crippen LogP contribution in [0.4, 0.5) is 5.69 Å². The quantitative estimate of drug-likeness (QED) is 0.446. The fraction of sp³-hybridized carbons (Fsp3) is 0.115. The van der Waals surface area contributed by atoms with Crippen LogP contribution in [-0.4, -0.2) is 30.7 Å². The second kappa shape index (κ2) is 11.1. The molecule has 0 aliphatic carbocycles. The second-order valence-electron chi connectivity index (χ2n) is 6.77. The molecule has 0 radical (unpaired) electrons. The predicted octanol–water partition coefficient (Wildman–Crippen LogP) is 3.69. The van der Waals surface area contributed by atoms with Gasteiger partial charge < -0.3 is 15.4 Å². The zero-order valence-electron chi connectivity index (χ0n) is 17.6. The Bertz CT molecular complexity index is 1180. The lowest BCUT2D eigenvalue weighted by atomic mass is 9.98. The van der Waals surface area contributed by atoms with Crippen LogP contribution in [0, 0.1) is 11.8 Å². The number of rotatable bonds is 7. The zero-order chi connectivity index (χ0) is 22.8. The van der Waals surface area contributed by atoms with Crippen molar-refractivity contribution in [2.45, 2.75) is 6.92 Å².